The largest absolute Gasteiger partial charge is 0.504 e. The lowest BCUT2D eigenvalue weighted by atomic mass is 10.1. The molecule has 2 fully saturated rings. The summed E-state index contributed by atoms with van der Waals surface area (Å²) in [5.41, 5.74) is 1.12. The van der Waals surface area contributed by atoms with E-state index in [0.29, 0.717) is 6.42 Å². The molecule has 3 aliphatic rings. The number of benzene rings is 1. The van der Waals surface area contributed by atoms with Crippen LogP contribution in [0.25, 0.3) is 0 Å². The van der Waals surface area contributed by atoms with Crippen LogP contribution in [-0.2, 0) is 9.84 Å². The van der Waals surface area contributed by atoms with E-state index >= 15 is 0 Å². The van der Waals surface area contributed by atoms with Gasteiger partial charge in [0.05, 0.1) is 22.0 Å². The van der Waals surface area contributed by atoms with E-state index in [0.717, 1.165) is 44.3 Å². The van der Waals surface area contributed by atoms with E-state index in [4.69, 9.17) is 11.6 Å². The molecule has 0 bridgehead atoms. The summed E-state index contributed by atoms with van der Waals surface area (Å²) < 4.78 is 26.7. The second kappa shape index (κ2) is 7.81. The number of phenols is 1. The number of halogens is 1. The second-order valence-electron chi connectivity index (χ2n) is 8.07. The van der Waals surface area contributed by atoms with Gasteiger partial charge in [-0.2, -0.15) is 0 Å². The van der Waals surface area contributed by atoms with Gasteiger partial charge in [-0.1, -0.05) is 23.3 Å². The fourth-order valence-electron chi connectivity index (χ4n) is 4.82. The molecule has 9 heteroatoms. The number of anilines is 1. The summed E-state index contributed by atoms with van der Waals surface area (Å²) >= 11 is 6.21. The Kier molecular flexibility index (Phi) is 5.52. The first-order valence-electron chi connectivity index (χ1n) is 10.0. The Morgan fingerprint density at radius 3 is 2.76 bits per heavy atom. The summed E-state index contributed by atoms with van der Waals surface area (Å²) in [5.74, 6) is -0.497. The van der Waals surface area contributed by atoms with Gasteiger partial charge in [0, 0.05) is 6.04 Å². The van der Waals surface area contributed by atoms with Gasteiger partial charge in [-0.05, 0) is 64.3 Å². The first kappa shape index (κ1) is 20.5. The normalized spacial score (nSPS) is 27.0. The van der Waals surface area contributed by atoms with Crippen LogP contribution in [0, 0.1) is 0 Å². The Balaban J connectivity index is 1.58. The fraction of sp³-hybridized carbons (Fsp3) is 0.550. The monoisotopic (exact) mass is 439 g/mol. The van der Waals surface area contributed by atoms with Crippen LogP contribution < -0.4 is 10.6 Å². The van der Waals surface area contributed by atoms with Crippen molar-refractivity contribution in [3.8, 4) is 5.75 Å². The zero-order chi connectivity index (χ0) is 20.8. The van der Waals surface area contributed by atoms with Gasteiger partial charge in [-0.15, -0.1) is 0 Å². The number of phenolic OH excluding ortho intramolecular Hbond substituents is 1. The predicted molar refractivity (Wildman–Crippen MR) is 112 cm³/mol. The highest BCUT2D eigenvalue weighted by molar-refractivity contribution is 7.92. The Bertz CT molecular complexity index is 963. The van der Waals surface area contributed by atoms with Gasteiger partial charge in [-0.3, -0.25) is 4.90 Å². The Hall–Kier alpha value is -1.77. The van der Waals surface area contributed by atoms with Crippen LogP contribution in [0.2, 0.25) is 5.02 Å². The molecule has 2 saturated heterocycles. The number of nitrogens with one attached hydrogen (secondary N) is 2. The SMILES string of the molecule is CC1=CCC[C@H]1NC(=O)Nc1ccc(Cl)c(S(=O)(=O)[C@H]2CCN3CCC[C@@H]23)c1O. The number of allylic oxidation sites excluding steroid dienone is 1. The average molecular weight is 440 g/mol. The van der Waals surface area contributed by atoms with Crippen LogP contribution in [0.1, 0.15) is 39.0 Å². The van der Waals surface area contributed by atoms with Crippen molar-refractivity contribution in [2.24, 2.45) is 0 Å². The van der Waals surface area contributed by atoms with Crippen LogP contribution in [0.3, 0.4) is 0 Å². The van der Waals surface area contributed by atoms with Crippen LogP contribution in [0.4, 0.5) is 10.5 Å². The molecule has 0 radical (unpaired) electrons. The van der Waals surface area contributed by atoms with E-state index in [9.17, 15) is 18.3 Å². The number of aromatic hydroxyl groups is 1. The minimum Gasteiger partial charge on any atom is -0.504 e. The van der Waals surface area contributed by atoms with Crippen LogP contribution >= 0.6 is 11.6 Å². The predicted octanol–water partition coefficient (Wildman–Crippen LogP) is 3.29. The highest BCUT2D eigenvalue weighted by atomic mass is 35.5. The maximum atomic E-state index is 13.4. The lowest BCUT2D eigenvalue weighted by molar-refractivity contribution is 0.249. The molecular formula is C20H26ClN3O4S. The molecule has 29 heavy (non-hydrogen) atoms. The smallest absolute Gasteiger partial charge is 0.319 e. The summed E-state index contributed by atoms with van der Waals surface area (Å²) in [6, 6.07) is 2.25. The lowest BCUT2D eigenvalue weighted by Gasteiger charge is -2.22. The third-order valence-corrected chi connectivity index (χ3v) is 9.09. The number of hydrogen-bond acceptors (Lipinski definition) is 5. The van der Waals surface area contributed by atoms with Gasteiger partial charge in [0.2, 0.25) is 0 Å². The minimum absolute atomic E-state index is 0.0283. The first-order valence-corrected chi connectivity index (χ1v) is 11.9. The molecule has 3 N–H and O–H groups in total. The number of hydrogen-bond donors (Lipinski definition) is 3. The molecule has 1 aromatic carbocycles. The Morgan fingerprint density at radius 2 is 2.03 bits per heavy atom. The molecule has 7 nitrogen and oxygen atoms in total. The molecule has 2 heterocycles. The fourth-order valence-corrected chi connectivity index (χ4v) is 7.45. The molecular weight excluding hydrogens is 414 g/mol. The van der Waals surface area contributed by atoms with E-state index in [1.807, 2.05) is 6.92 Å². The Labute approximate surface area is 176 Å². The van der Waals surface area contributed by atoms with Gasteiger partial charge in [0.1, 0.15) is 4.90 Å². The molecule has 4 rings (SSSR count). The molecule has 1 aliphatic carbocycles. The molecule has 0 spiro atoms. The maximum absolute atomic E-state index is 13.4. The summed E-state index contributed by atoms with van der Waals surface area (Å²) in [4.78, 5) is 14.3. The van der Waals surface area contributed by atoms with Crippen molar-refractivity contribution in [1.29, 1.82) is 0 Å². The highest BCUT2D eigenvalue weighted by Gasteiger charge is 2.46. The van der Waals surface area contributed by atoms with E-state index in [1.165, 1.54) is 12.1 Å². The van der Waals surface area contributed by atoms with Crippen molar-refractivity contribution in [2.45, 2.75) is 61.3 Å². The topological polar surface area (TPSA) is 98.7 Å². The number of nitrogens with zero attached hydrogens (tertiary/aromatic N) is 1. The van der Waals surface area contributed by atoms with Crippen molar-refractivity contribution < 1.29 is 18.3 Å². The number of sulfone groups is 1. The van der Waals surface area contributed by atoms with Crippen LogP contribution in [-0.4, -0.2) is 54.9 Å². The van der Waals surface area contributed by atoms with Crippen LogP contribution in [0.15, 0.2) is 28.7 Å². The van der Waals surface area contributed by atoms with E-state index in [1.54, 1.807) is 0 Å². The molecule has 0 aromatic heterocycles. The molecule has 158 valence electrons. The van der Waals surface area contributed by atoms with Crippen molar-refractivity contribution >= 4 is 33.2 Å². The Morgan fingerprint density at radius 1 is 1.24 bits per heavy atom. The summed E-state index contributed by atoms with van der Waals surface area (Å²) in [6.45, 7) is 3.60. The number of carbonyl (C=O) groups is 1. The number of fused-ring (bicyclic) bond motifs is 1. The van der Waals surface area contributed by atoms with Crippen molar-refractivity contribution in [3.63, 3.8) is 0 Å². The second-order valence-corrected chi connectivity index (χ2v) is 10.6. The van der Waals surface area contributed by atoms with Crippen molar-refractivity contribution in [2.75, 3.05) is 18.4 Å². The molecule has 2 amide bonds. The van der Waals surface area contributed by atoms with Crippen molar-refractivity contribution in [1.82, 2.24) is 10.2 Å². The lowest BCUT2D eigenvalue weighted by Crippen LogP contribution is -2.37. The maximum Gasteiger partial charge on any atom is 0.319 e. The zero-order valence-electron chi connectivity index (χ0n) is 16.3. The standard InChI is InChI=1S/C20H26ClN3O4S/c1-12-4-2-5-14(12)22-20(26)23-15-8-7-13(21)19(18(15)25)29(27,28)17-9-11-24-10-3-6-16(17)24/h4,7-8,14,16-17,25H,2-3,5-6,9-11H2,1H3,(H2,22,23,26)/t14-,16+,17+/m1/s1. The molecule has 0 unspecified atom stereocenters. The number of rotatable bonds is 4. The zero-order valence-corrected chi connectivity index (χ0v) is 17.9. The number of amides is 2. The molecule has 0 saturated carbocycles. The summed E-state index contributed by atoms with van der Waals surface area (Å²) in [7, 11) is -3.85. The van der Waals surface area contributed by atoms with Gasteiger partial charge in [0.15, 0.2) is 15.6 Å². The van der Waals surface area contributed by atoms with Crippen molar-refractivity contribution in [3.05, 3.63) is 28.8 Å². The summed E-state index contributed by atoms with van der Waals surface area (Å²) in [5, 5.41) is 15.5. The average Bonchev–Trinajstić information content (AvgIpc) is 3.35. The van der Waals surface area contributed by atoms with Gasteiger partial charge >= 0.3 is 6.03 Å². The quantitative estimate of drug-likeness (QED) is 0.494. The minimum atomic E-state index is -3.85. The van der Waals surface area contributed by atoms with Crippen LogP contribution in [0.5, 0.6) is 5.75 Å². The van der Waals surface area contributed by atoms with Gasteiger partial charge < -0.3 is 15.7 Å². The number of carbonyl (C=O) groups excluding carboxylic acids is 1. The third kappa shape index (κ3) is 3.73. The first-order chi connectivity index (χ1) is 13.8. The van der Waals surface area contributed by atoms with E-state index in [2.05, 4.69) is 21.6 Å². The summed E-state index contributed by atoms with van der Waals surface area (Å²) in [6.07, 6.45) is 6.14. The third-order valence-electron chi connectivity index (χ3n) is 6.34. The van der Waals surface area contributed by atoms with E-state index < -0.39 is 26.9 Å². The molecule has 1 aromatic rings. The van der Waals surface area contributed by atoms with E-state index in [-0.39, 0.29) is 27.7 Å². The van der Waals surface area contributed by atoms with Gasteiger partial charge in [0.25, 0.3) is 0 Å². The number of urea groups is 1. The molecule has 2 aliphatic heterocycles. The van der Waals surface area contributed by atoms with Gasteiger partial charge in [-0.25, -0.2) is 13.2 Å². The molecule has 3 atom stereocenters. The highest BCUT2D eigenvalue weighted by Crippen LogP contribution is 2.43.